The molecule has 1 aliphatic rings. The summed E-state index contributed by atoms with van der Waals surface area (Å²) in [6.45, 7) is 1.87. The van der Waals surface area contributed by atoms with Crippen LogP contribution in [0.4, 0.5) is 5.69 Å². The third-order valence-electron chi connectivity index (χ3n) is 3.49. The fourth-order valence-electron chi connectivity index (χ4n) is 2.45. The van der Waals surface area contributed by atoms with E-state index in [0.717, 1.165) is 14.0 Å². The van der Waals surface area contributed by atoms with Gasteiger partial charge in [-0.1, -0.05) is 41.9 Å². The Hall–Kier alpha value is -1.66. The van der Waals surface area contributed by atoms with Crippen LogP contribution in [0.3, 0.4) is 0 Å². The third-order valence-corrected chi connectivity index (χ3v) is 4.51. The van der Waals surface area contributed by atoms with Crippen LogP contribution in [0.1, 0.15) is 11.1 Å². The van der Waals surface area contributed by atoms with Crippen LogP contribution in [0.15, 0.2) is 53.6 Å². The highest BCUT2D eigenvalue weighted by Crippen LogP contribution is 2.36. The number of aryl methyl sites for hydroxylation is 1. The van der Waals surface area contributed by atoms with Gasteiger partial charge in [0.25, 0.3) is 11.8 Å². The van der Waals surface area contributed by atoms with E-state index in [0.29, 0.717) is 11.3 Å². The molecule has 2 aromatic carbocycles. The predicted molar refractivity (Wildman–Crippen MR) is 95.6 cm³/mol. The Morgan fingerprint density at radius 1 is 1.00 bits per heavy atom. The van der Waals surface area contributed by atoms with Crippen molar-refractivity contribution >= 4 is 57.3 Å². The van der Waals surface area contributed by atoms with Gasteiger partial charge in [0.05, 0.1) is 11.3 Å². The third kappa shape index (κ3) is 2.46. The maximum absolute atomic E-state index is 12.7. The molecule has 0 bridgehead atoms. The molecule has 1 aliphatic heterocycles. The first kappa shape index (κ1) is 15.2. The van der Waals surface area contributed by atoms with Crippen LogP contribution in [-0.4, -0.2) is 11.8 Å². The summed E-state index contributed by atoms with van der Waals surface area (Å²) in [6, 6.07) is 14.6. The normalized spacial score (nSPS) is 15.0. The van der Waals surface area contributed by atoms with Crippen LogP contribution in [0.5, 0.6) is 0 Å². The lowest BCUT2D eigenvalue weighted by Crippen LogP contribution is -2.31. The van der Waals surface area contributed by atoms with E-state index >= 15 is 0 Å². The van der Waals surface area contributed by atoms with Crippen molar-refractivity contribution in [3.05, 3.63) is 68.3 Å². The molecular weight excluding hydrogens is 413 g/mol. The van der Waals surface area contributed by atoms with Crippen molar-refractivity contribution in [2.45, 2.75) is 6.92 Å². The van der Waals surface area contributed by atoms with Gasteiger partial charge in [-0.2, -0.15) is 0 Å². The Morgan fingerprint density at radius 2 is 1.68 bits per heavy atom. The zero-order valence-corrected chi connectivity index (χ0v) is 14.6. The minimum atomic E-state index is -0.477. The van der Waals surface area contributed by atoms with Crippen molar-refractivity contribution in [3.63, 3.8) is 0 Å². The topological polar surface area (TPSA) is 37.4 Å². The molecule has 0 saturated heterocycles. The van der Waals surface area contributed by atoms with Gasteiger partial charge in [0.15, 0.2) is 0 Å². The highest BCUT2D eigenvalue weighted by Gasteiger charge is 2.39. The van der Waals surface area contributed by atoms with Crippen molar-refractivity contribution in [1.82, 2.24) is 0 Å². The van der Waals surface area contributed by atoms with Gasteiger partial charge in [0.1, 0.15) is 5.03 Å². The summed E-state index contributed by atoms with van der Waals surface area (Å²) >= 11 is 8.34. The molecule has 0 radical (unpaired) electrons. The van der Waals surface area contributed by atoms with Crippen molar-refractivity contribution in [3.8, 4) is 0 Å². The molecule has 22 heavy (non-hydrogen) atoms. The van der Waals surface area contributed by atoms with E-state index in [2.05, 4.69) is 22.6 Å². The summed E-state index contributed by atoms with van der Waals surface area (Å²) in [5.41, 5.74) is 2.33. The number of benzene rings is 2. The second-order valence-electron chi connectivity index (χ2n) is 4.93. The number of halogens is 2. The molecule has 3 nitrogen and oxygen atoms in total. The smallest absolute Gasteiger partial charge is 0.268 e. The van der Waals surface area contributed by atoms with Gasteiger partial charge in [-0.05, 0) is 58.8 Å². The first-order chi connectivity index (χ1) is 10.5. The number of anilines is 1. The molecule has 5 heteroatoms. The van der Waals surface area contributed by atoms with Gasteiger partial charge < -0.3 is 0 Å². The molecule has 0 fully saturated rings. The van der Waals surface area contributed by atoms with E-state index in [1.807, 2.05) is 37.3 Å². The average molecular weight is 424 g/mol. The molecular formula is C17H11ClINO2. The molecule has 2 amide bonds. The maximum atomic E-state index is 12.7. The van der Waals surface area contributed by atoms with Crippen molar-refractivity contribution in [2.75, 3.05) is 4.90 Å². The second-order valence-corrected chi connectivity index (χ2v) is 6.56. The lowest BCUT2D eigenvalue weighted by Gasteiger charge is -2.17. The summed E-state index contributed by atoms with van der Waals surface area (Å²) < 4.78 is 1.04. The first-order valence-electron chi connectivity index (χ1n) is 6.61. The number of hydrogen-bond acceptors (Lipinski definition) is 2. The lowest BCUT2D eigenvalue weighted by molar-refractivity contribution is -0.119. The first-order valence-corrected chi connectivity index (χ1v) is 8.06. The van der Waals surface area contributed by atoms with Gasteiger partial charge in [-0.25, -0.2) is 4.90 Å². The second kappa shape index (κ2) is 5.85. The molecule has 2 aromatic rings. The molecule has 0 aromatic heterocycles. The Labute approximate surface area is 146 Å². The summed E-state index contributed by atoms with van der Waals surface area (Å²) in [5.74, 6) is -0.861. The largest absolute Gasteiger partial charge is 0.277 e. The summed E-state index contributed by atoms with van der Waals surface area (Å²) in [4.78, 5) is 26.3. The molecule has 3 rings (SSSR count). The zero-order chi connectivity index (χ0) is 15.9. The molecule has 0 aliphatic carbocycles. The van der Waals surface area contributed by atoms with Gasteiger partial charge in [-0.15, -0.1) is 0 Å². The lowest BCUT2D eigenvalue weighted by atomic mass is 10.1. The van der Waals surface area contributed by atoms with Crippen LogP contribution in [0, 0.1) is 10.5 Å². The molecule has 1 heterocycles. The van der Waals surface area contributed by atoms with Gasteiger partial charge in [0, 0.05) is 3.57 Å². The van der Waals surface area contributed by atoms with E-state index in [1.165, 1.54) is 0 Å². The number of hydrogen-bond donors (Lipinski definition) is 0. The number of rotatable bonds is 2. The fraction of sp³-hybridized carbons (Fsp3) is 0.0588. The minimum Gasteiger partial charge on any atom is -0.268 e. The number of carbonyl (C=O) groups excluding carboxylic acids is 2. The van der Waals surface area contributed by atoms with Crippen molar-refractivity contribution in [2.24, 2.45) is 0 Å². The number of imide groups is 1. The Bertz CT molecular complexity index is 815. The molecule has 110 valence electrons. The van der Waals surface area contributed by atoms with E-state index < -0.39 is 5.91 Å². The van der Waals surface area contributed by atoms with Crippen LogP contribution in [-0.2, 0) is 9.59 Å². The number of amides is 2. The Kier molecular flexibility index (Phi) is 4.06. The number of nitrogens with zero attached hydrogens (tertiary/aromatic N) is 1. The Morgan fingerprint density at radius 3 is 2.32 bits per heavy atom. The quantitative estimate of drug-likeness (QED) is 0.538. The summed E-state index contributed by atoms with van der Waals surface area (Å²) in [7, 11) is 0. The highest BCUT2D eigenvalue weighted by molar-refractivity contribution is 14.1. The van der Waals surface area contributed by atoms with Crippen LogP contribution in [0.25, 0.3) is 5.57 Å². The molecule has 0 saturated carbocycles. The van der Waals surface area contributed by atoms with Crippen LogP contribution in [0.2, 0.25) is 0 Å². The average Bonchev–Trinajstić information content (AvgIpc) is 2.71. The van der Waals surface area contributed by atoms with Crippen LogP contribution >= 0.6 is 34.2 Å². The molecule has 0 atom stereocenters. The Balaban J connectivity index is 2.08. The van der Waals surface area contributed by atoms with Gasteiger partial charge in [-0.3, -0.25) is 9.59 Å². The standard InChI is InChI=1S/C17H11ClINO2/c1-10-9-12(19)7-8-13(10)20-16(21)14(15(18)17(20)22)11-5-3-2-4-6-11/h2-9H,1H3. The highest BCUT2D eigenvalue weighted by atomic mass is 127. The minimum absolute atomic E-state index is 0.0332. The number of carbonyl (C=O) groups is 2. The SMILES string of the molecule is Cc1cc(I)ccc1N1C(=O)C(Cl)=C(c2ccccc2)C1=O. The predicted octanol–water partition coefficient (Wildman–Crippen LogP) is 4.12. The molecule has 0 unspecified atom stereocenters. The fourth-order valence-corrected chi connectivity index (χ4v) is 3.37. The monoisotopic (exact) mass is 423 g/mol. The molecule has 0 spiro atoms. The van der Waals surface area contributed by atoms with Crippen molar-refractivity contribution < 1.29 is 9.59 Å². The summed E-state index contributed by atoms with van der Waals surface area (Å²) in [6.07, 6.45) is 0. The van der Waals surface area contributed by atoms with E-state index in [4.69, 9.17) is 11.6 Å². The maximum Gasteiger partial charge on any atom is 0.277 e. The van der Waals surface area contributed by atoms with Crippen molar-refractivity contribution in [1.29, 1.82) is 0 Å². The van der Waals surface area contributed by atoms with Gasteiger partial charge in [0.2, 0.25) is 0 Å². The molecule has 0 N–H and O–H groups in total. The van der Waals surface area contributed by atoms with E-state index in [1.54, 1.807) is 18.2 Å². The van der Waals surface area contributed by atoms with E-state index in [9.17, 15) is 9.59 Å². The van der Waals surface area contributed by atoms with E-state index in [-0.39, 0.29) is 16.5 Å². The summed E-state index contributed by atoms with van der Waals surface area (Å²) in [5, 5.41) is -0.0332. The van der Waals surface area contributed by atoms with Gasteiger partial charge >= 0.3 is 0 Å². The van der Waals surface area contributed by atoms with Crippen LogP contribution < -0.4 is 4.90 Å². The zero-order valence-electron chi connectivity index (χ0n) is 11.6.